The van der Waals surface area contributed by atoms with Crippen molar-refractivity contribution in [2.45, 2.75) is 26.1 Å². The van der Waals surface area contributed by atoms with Gasteiger partial charge in [0.2, 0.25) is 0 Å². The quantitative estimate of drug-likeness (QED) is 0.418. The van der Waals surface area contributed by atoms with Gasteiger partial charge in [-0.3, -0.25) is 4.79 Å². The van der Waals surface area contributed by atoms with Crippen LogP contribution in [0.3, 0.4) is 0 Å². The standard InChI is InChI=1S/C8H12O3/c1-5-4-10-6(2)8(5)11-7(3)9/h6,8H,1,4H2,2-3H3/t6-,8+/m1/s1. The second-order valence-corrected chi connectivity index (χ2v) is 2.70. The summed E-state index contributed by atoms with van der Waals surface area (Å²) in [6, 6.07) is 0. The zero-order chi connectivity index (χ0) is 8.43. The molecule has 1 saturated heterocycles. The molecule has 62 valence electrons. The van der Waals surface area contributed by atoms with Crippen LogP contribution in [-0.2, 0) is 14.3 Å². The van der Waals surface area contributed by atoms with Crippen molar-refractivity contribution >= 4 is 5.97 Å². The van der Waals surface area contributed by atoms with Crippen LogP contribution in [0, 0.1) is 0 Å². The fraction of sp³-hybridized carbons (Fsp3) is 0.625. The molecule has 0 radical (unpaired) electrons. The van der Waals surface area contributed by atoms with E-state index in [1.807, 2.05) is 6.92 Å². The van der Waals surface area contributed by atoms with Crippen LogP contribution in [0.2, 0.25) is 0 Å². The number of carbonyl (C=O) groups is 1. The van der Waals surface area contributed by atoms with Gasteiger partial charge in [0.25, 0.3) is 0 Å². The first-order valence-corrected chi connectivity index (χ1v) is 3.57. The molecule has 11 heavy (non-hydrogen) atoms. The molecule has 3 heteroatoms. The molecule has 0 unspecified atom stereocenters. The molecule has 1 heterocycles. The maximum atomic E-state index is 10.6. The average Bonchev–Trinajstić information content (AvgIpc) is 2.18. The number of hydrogen-bond donors (Lipinski definition) is 0. The number of hydrogen-bond acceptors (Lipinski definition) is 3. The minimum Gasteiger partial charge on any atom is -0.455 e. The Kier molecular flexibility index (Phi) is 2.29. The minimum atomic E-state index is -0.284. The van der Waals surface area contributed by atoms with Gasteiger partial charge in [-0.05, 0) is 12.5 Å². The Hall–Kier alpha value is -0.830. The Balaban J connectivity index is 2.54. The van der Waals surface area contributed by atoms with Gasteiger partial charge in [-0.25, -0.2) is 0 Å². The monoisotopic (exact) mass is 156 g/mol. The van der Waals surface area contributed by atoms with Crippen molar-refractivity contribution in [3.8, 4) is 0 Å². The van der Waals surface area contributed by atoms with Gasteiger partial charge in [-0.1, -0.05) is 6.58 Å². The molecule has 0 amide bonds. The van der Waals surface area contributed by atoms with Crippen molar-refractivity contribution in [1.82, 2.24) is 0 Å². The summed E-state index contributed by atoms with van der Waals surface area (Å²) in [5, 5.41) is 0. The molecule has 0 bridgehead atoms. The summed E-state index contributed by atoms with van der Waals surface area (Å²) in [4.78, 5) is 10.6. The summed E-state index contributed by atoms with van der Waals surface area (Å²) in [6.07, 6.45) is -0.293. The fourth-order valence-electron chi connectivity index (χ4n) is 1.10. The van der Waals surface area contributed by atoms with Crippen molar-refractivity contribution in [2.75, 3.05) is 6.61 Å². The molecule has 1 aliphatic rings. The normalized spacial score (nSPS) is 30.5. The van der Waals surface area contributed by atoms with Crippen LogP contribution in [0.25, 0.3) is 0 Å². The third-order valence-electron chi connectivity index (χ3n) is 1.65. The van der Waals surface area contributed by atoms with Crippen molar-refractivity contribution in [1.29, 1.82) is 0 Å². The largest absolute Gasteiger partial charge is 0.455 e. The van der Waals surface area contributed by atoms with Crippen LogP contribution >= 0.6 is 0 Å². The SMILES string of the molecule is C=C1CO[C@H](C)[C@H]1OC(C)=O. The summed E-state index contributed by atoms with van der Waals surface area (Å²) >= 11 is 0. The summed E-state index contributed by atoms with van der Waals surface area (Å²) in [5.41, 5.74) is 0.840. The van der Waals surface area contributed by atoms with Crippen molar-refractivity contribution in [3.05, 3.63) is 12.2 Å². The van der Waals surface area contributed by atoms with Crippen molar-refractivity contribution < 1.29 is 14.3 Å². The van der Waals surface area contributed by atoms with Crippen LogP contribution in [0.15, 0.2) is 12.2 Å². The van der Waals surface area contributed by atoms with E-state index in [9.17, 15) is 4.79 Å². The molecular formula is C8H12O3. The smallest absolute Gasteiger partial charge is 0.303 e. The number of rotatable bonds is 1. The highest BCUT2D eigenvalue weighted by Gasteiger charge is 2.30. The lowest BCUT2D eigenvalue weighted by molar-refractivity contribution is -0.147. The van der Waals surface area contributed by atoms with Crippen molar-refractivity contribution in [3.63, 3.8) is 0 Å². The highest BCUT2D eigenvalue weighted by molar-refractivity contribution is 5.66. The van der Waals surface area contributed by atoms with Crippen LogP contribution in [0.4, 0.5) is 0 Å². The third kappa shape index (κ3) is 1.80. The van der Waals surface area contributed by atoms with Crippen LogP contribution in [0.5, 0.6) is 0 Å². The van der Waals surface area contributed by atoms with E-state index in [-0.39, 0.29) is 18.2 Å². The van der Waals surface area contributed by atoms with Gasteiger partial charge in [0.05, 0.1) is 12.7 Å². The van der Waals surface area contributed by atoms with Gasteiger partial charge in [-0.15, -0.1) is 0 Å². The van der Waals surface area contributed by atoms with Crippen LogP contribution in [0.1, 0.15) is 13.8 Å². The lowest BCUT2D eigenvalue weighted by Gasteiger charge is -2.13. The Bertz CT molecular complexity index is 186. The second kappa shape index (κ2) is 3.05. The van der Waals surface area contributed by atoms with Crippen LogP contribution < -0.4 is 0 Å². The maximum Gasteiger partial charge on any atom is 0.303 e. The van der Waals surface area contributed by atoms with E-state index < -0.39 is 0 Å². The summed E-state index contributed by atoms with van der Waals surface area (Å²) in [5.74, 6) is -0.284. The maximum absolute atomic E-state index is 10.6. The predicted octanol–water partition coefficient (Wildman–Crippen LogP) is 0.893. The molecule has 3 nitrogen and oxygen atoms in total. The summed E-state index contributed by atoms with van der Waals surface area (Å²) in [7, 11) is 0. The number of ether oxygens (including phenoxy) is 2. The molecule has 1 rings (SSSR count). The van der Waals surface area contributed by atoms with E-state index in [1.165, 1.54) is 6.92 Å². The highest BCUT2D eigenvalue weighted by Crippen LogP contribution is 2.20. The Morgan fingerprint density at radius 3 is 2.82 bits per heavy atom. The molecule has 0 aromatic carbocycles. The van der Waals surface area contributed by atoms with Crippen molar-refractivity contribution in [2.24, 2.45) is 0 Å². The van der Waals surface area contributed by atoms with E-state index in [1.54, 1.807) is 0 Å². The molecule has 0 aromatic rings. The van der Waals surface area contributed by atoms with Gasteiger partial charge < -0.3 is 9.47 Å². The first-order valence-electron chi connectivity index (χ1n) is 3.57. The molecule has 0 N–H and O–H groups in total. The summed E-state index contributed by atoms with van der Waals surface area (Å²) < 4.78 is 10.2. The topological polar surface area (TPSA) is 35.5 Å². The zero-order valence-corrected chi connectivity index (χ0v) is 6.79. The molecule has 2 atom stereocenters. The Morgan fingerprint density at radius 1 is 1.82 bits per heavy atom. The highest BCUT2D eigenvalue weighted by atomic mass is 16.6. The molecule has 1 fully saturated rings. The molecule has 0 aliphatic carbocycles. The average molecular weight is 156 g/mol. The second-order valence-electron chi connectivity index (χ2n) is 2.70. The summed E-state index contributed by atoms with van der Waals surface area (Å²) in [6.45, 7) is 7.49. The van der Waals surface area contributed by atoms with Gasteiger partial charge in [0.15, 0.2) is 6.10 Å². The minimum absolute atomic E-state index is 0.0496. The van der Waals surface area contributed by atoms with E-state index >= 15 is 0 Å². The van der Waals surface area contributed by atoms with Gasteiger partial charge in [0.1, 0.15) is 0 Å². The zero-order valence-electron chi connectivity index (χ0n) is 6.79. The van der Waals surface area contributed by atoms with Crippen LogP contribution in [-0.4, -0.2) is 24.8 Å². The fourth-order valence-corrected chi connectivity index (χ4v) is 1.10. The molecule has 0 saturated carbocycles. The molecule has 1 aliphatic heterocycles. The van der Waals surface area contributed by atoms with E-state index in [4.69, 9.17) is 9.47 Å². The number of esters is 1. The molecule has 0 aromatic heterocycles. The lowest BCUT2D eigenvalue weighted by atomic mass is 10.1. The first-order chi connectivity index (χ1) is 5.11. The molecule has 0 spiro atoms. The Labute approximate surface area is 66.0 Å². The predicted molar refractivity (Wildman–Crippen MR) is 40.1 cm³/mol. The Morgan fingerprint density at radius 2 is 2.45 bits per heavy atom. The van der Waals surface area contributed by atoms with E-state index in [0.717, 1.165) is 5.57 Å². The van der Waals surface area contributed by atoms with Gasteiger partial charge in [0, 0.05) is 6.92 Å². The first kappa shape index (κ1) is 8.27. The number of carbonyl (C=O) groups excluding carboxylic acids is 1. The van der Waals surface area contributed by atoms with Gasteiger partial charge >= 0.3 is 5.97 Å². The lowest BCUT2D eigenvalue weighted by Crippen LogP contribution is -2.24. The molecular weight excluding hydrogens is 144 g/mol. The van der Waals surface area contributed by atoms with E-state index in [2.05, 4.69) is 6.58 Å². The third-order valence-corrected chi connectivity index (χ3v) is 1.65. The van der Waals surface area contributed by atoms with Gasteiger partial charge in [-0.2, -0.15) is 0 Å². The van der Waals surface area contributed by atoms with E-state index in [0.29, 0.717) is 6.61 Å².